The average Bonchev–Trinajstić information content (AvgIpc) is 3.49. The molecule has 0 aromatic heterocycles. The predicted octanol–water partition coefficient (Wildman–Crippen LogP) is 5.08. The molecule has 0 spiro atoms. The van der Waals surface area contributed by atoms with Crippen molar-refractivity contribution in [3.63, 3.8) is 0 Å². The number of rotatable bonds is 9. The summed E-state index contributed by atoms with van der Waals surface area (Å²) in [6.45, 7) is -0.504. The van der Waals surface area contributed by atoms with Gasteiger partial charge in [0.2, 0.25) is 5.91 Å². The molecule has 5 N–H and O–H groups in total. The van der Waals surface area contributed by atoms with Crippen molar-refractivity contribution in [2.75, 3.05) is 18.1 Å². The molecule has 2 aromatic carbocycles. The fourth-order valence-corrected chi connectivity index (χ4v) is 5.82. The van der Waals surface area contributed by atoms with Gasteiger partial charge in [0.1, 0.15) is 0 Å². The molecule has 0 radical (unpaired) electrons. The number of amides is 5. The molecule has 2 atom stereocenters. The summed E-state index contributed by atoms with van der Waals surface area (Å²) >= 11 is 1.57. The summed E-state index contributed by atoms with van der Waals surface area (Å²) in [4.78, 5) is 52.1. The molecule has 5 amide bonds. The van der Waals surface area contributed by atoms with Crippen LogP contribution in [0.15, 0.2) is 47.4 Å². The molecule has 232 valence electrons. The van der Waals surface area contributed by atoms with E-state index in [9.17, 15) is 32.3 Å². The number of alkyl halides is 3. The zero-order chi connectivity index (χ0) is 31.0. The van der Waals surface area contributed by atoms with Gasteiger partial charge in [-0.25, -0.2) is 4.79 Å². The number of benzene rings is 2. The number of hydrogen-bond acceptors (Lipinski definition) is 5. The molecule has 0 aliphatic heterocycles. The van der Waals surface area contributed by atoms with Crippen LogP contribution in [-0.2, 0) is 11.0 Å². The average molecular weight is 620 g/mol. The largest absolute Gasteiger partial charge is 0.416 e. The molecule has 0 saturated heterocycles. The van der Waals surface area contributed by atoms with Crippen molar-refractivity contribution in [3.05, 3.63) is 59.2 Å². The van der Waals surface area contributed by atoms with Gasteiger partial charge in [-0.1, -0.05) is 25.7 Å². The van der Waals surface area contributed by atoms with Crippen molar-refractivity contribution in [2.24, 2.45) is 0 Å². The van der Waals surface area contributed by atoms with Crippen LogP contribution < -0.4 is 26.6 Å². The van der Waals surface area contributed by atoms with Crippen LogP contribution in [-0.4, -0.2) is 54.7 Å². The zero-order valence-corrected chi connectivity index (χ0v) is 24.6. The first-order valence-electron chi connectivity index (χ1n) is 14.3. The van der Waals surface area contributed by atoms with Crippen LogP contribution in [0.2, 0.25) is 0 Å². The van der Waals surface area contributed by atoms with Gasteiger partial charge in [-0.05, 0) is 74.4 Å². The standard InChI is InChI=1S/C30H36F3N5O4S/c1-43-21-13-10-18(11-14-21)27(40)37-25-9-5-4-8-24(25)36-26(39)17-34-28(41)22-16-19(30(31,32)33)12-15-23(22)38-29(42)35-20-6-2-3-7-20/h10-16,20,24-25H,2-9,17H2,1H3,(H,34,41)(H,36,39)(H,37,40)(H2,35,38,42)/t24-,25+/m1/s1. The van der Waals surface area contributed by atoms with Gasteiger partial charge >= 0.3 is 12.2 Å². The van der Waals surface area contributed by atoms with Crippen molar-refractivity contribution in [1.29, 1.82) is 0 Å². The van der Waals surface area contributed by atoms with Gasteiger partial charge < -0.3 is 26.6 Å². The van der Waals surface area contributed by atoms with Crippen molar-refractivity contribution < 1.29 is 32.3 Å². The molecule has 4 rings (SSSR count). The summed E-state index contributed by atoms with van der Waals surface area (Å²) in [7, 11) is 0. The Hall–Kier alpha value is -3.74. The molecular formula is C30H36F3N5O4S. The van der Waals surface area contributed by atoms with Crippen LogP contribution in [0.4, 0.5) is 23.7 Å². The maximum Gasteiger partial charge on any atom is 0.416 e. The molecular weight excluding hydrogens is 583 g/mol. The highest BCUT2D eigenvalue weighted by Gasteiger charge is 2.33. The Morgan fingerprint density at radius 1 is 0.814 bits per heavy atom. The summed E-state index contributed by atoms with van der Waals surface area (Å²) in [5.41, 5.74) is -1.09. The molecule has 2 aromatic rings. The van der Waals surface area contributed by atoms with Crippen LogP contribution in [0.3, 0.4) is 0 Å². The Morgan fingerprint density at radius 3 is 2.07 bits per heavy atom. The van der Waals surface area contributed by atoms with Crippen molar-refractivity contribution in [3.8, 4) is 0 Å². The second kappa shape index (κ2) is 14.6. The number of carbonyl (C=O) groups excluding carboxylic acids is 4. The van der Waals surface area contributed by atoms with E-state index >= 15 is 0 Å². The number of nitrogens with one attached hydrogen (secondary N) is 5. The van der Waals surface area contributed by atoms with E-state index < -0.39 is 41.7 Å². The van der Waals surface area contributed by atoms with Crippen molar-refractivity contribution >= 4 is 41.2 Å². The summed E-state index contributed by atoms with van der Waals surface area (Å²) in [5.74, 6) is -1.75. The Labute approximate surface area is 252 Å². The lowest BCUT2D eigenvalue weighted by Gasteiger charge is -2.33. The fourth-order valence-electron chi connectivity index (χ4n) is 5.42. The third-order valence-electron chi connectivity index (χ3n) is 7.72. The van der Waals surface area contributed by atoms with E-state index in [1.807, 2.05) is 18.4 Å². The summed E-state index contributed by atoms with van der Waals surface area (Å²) in [5, 5.41) is 13.4. The Balaban J connectivity index is 1.37. The molecule has 2 aliphatic rings. The molecule has 0 heterocycles. The molecule has 43 heavy (non-hydrogen) atoms. The lowest BCUT2D eigenvalue weighted by molar-refractivity contribution is -0.137. The number of carbonyl (C=O) groups is 4. The normalized spacial score (nSPS) is 18.9. The van der Waals surface area contributed by atoms with Gasteiger partial charge in [0.05, 0.1) is 23.4 Å². The number of urea groups is 1. The van der Waals surface area contributed by atoms with Gasteiger partial charge in [-0.15, -0.1) is 11.8 Å². The third-order valence-corrected chi connectivity index (χ3v) is 8.46. The first kappa shape index (κ1) is 32.2. The molecule has 0 bridgehead atoms. The van der Waals surface area contributed by atoms with Gasteiger partial charge in [-0.2, -0.15) is 13.2 Å². The first-order chi connectivity index (χ1) is 20.5. The zero-order valence-electron chi connectivity index (χ0n) is 23.8. The van der Waals surface area contributed by atoms with Gasteiger partial charge in [0.15, 0.2) is 0 Å². The van der Waals surface area contributed by atoms with Crippen LogP contribution >= 0.6 is 11.8 Å². The smallest absolute Gasteiger partial charge is 0.350 e. The van der Waals surface area contributed by atoms with E-state index in [0.717, 1.165) is 55.6 Å². The molecule has 2 fully saturated rings. The molecule has 13 heteroatoms. The Kier molecular flexibility index (Phi) is 10.9. The molecule has 9 nitrogen and oxygen atoms in total. The molecule has 0 unspecified atom stereocenters. The SMILES string of the molecule is CSc1ccc(C(=O)N[C@H]2CCCC[C@H]2NC(=O)CNC(=O)c2cc(C(F)(F)F)ccc2NC(=O)NC2CCCC2)cc1. The van der Waals surface area contributed by atoms with Crippen LogP contribution in [0.1, 0.15) is 77.6 Å². The summed E-state index contributed by atoms with van der Waals surface area (Å²) < 4.78 is 40.2. The first-order valence-corrected chi connectivity index (χ1v) is 15.6. The lowest BCUT2D eigenvalue weighted by Crippen LogP contribution is -2.54. The minimum atomic E-state index is -4.71. The quantitative estimate of drug-likeness (QED) is 0.250. The minimum absolute atomic E-state index is 0.0375. The monoisotopic (exact) mass is 619 g/mol. The molecule has 2 saturated carbocycles. The van der Waals surface area contributed by atoms with Gasteiger partial charge in [0, 0.05) is 28.6 Å². The second-order valence-corrected chi connectivity index (χ2v) is 11.7. The van der Waals surface area contributed by atoms with Crippen molar-refractivity contribution in [2.45, 2.75) is 80.6 Å². The number of hydrogen-bond donors (Lipinski definition) is 5. The second-order valence-electron chi connectivity index (χ2n) is 10.8. The highest BCUT2D eigenvalue weighted by molar-refractivity contribution is 7.98. The lowest BCUT2D eigenvalue weighted by atomic mass is 9.90. The van der Waals surface area contributed by atoms with Gasteiger partial charge in [-0.3, -0.25) is 14.4 Å². The fraction of sp³-hybridized carbons (Fsp3) is 0.467. The topological polar surface area (TPSA) is 128 Å². The number of halogens is 3. The van der Waals surface area contributed by atoms with E-state index in [1.165, 1.54) is 0 Å². The van der Waals surface area contributed by atoms with Gasteiger partial charge in [0.25, 0.3) is 11.8 Å². The Morgan fingerprint density at radius 2 is 1.44 bits per heavy atom. The molecule has 2 aliphatic carbocycles. The van der Waals surface area contributed by atoms with E-state index in [1.54, 1.807) is 23.9 Å². The highest BCUT2D eigenvalue weighted by atomic mass is 32.2. The predicted molar refractivity (Wildman–Crippen MR) is 158 cm³/mol. The number of thioether (sulfide) groups is 1. The minimum Gasteiger partial charge on any atom is -0.350 e. The Bertz CT molecular complexity index is 1320. The van der Waals surface area contributed by atoms with Crippen LogP contribution in [0, 0.1) is 0 Å². The van der Waals surface area contributed by atoms with Crippen LogP contribution in [0.25, 0.3) is 0 Å². The highest BCUT2D eigenvalue weighted by Crippen LogP contribution is 2.32. The van der Waals surface area contributed by atoms with Crippen molar-refractivity contribution in [1.82, 2.24) is 21.3 Å². The van der Waals surface area contributed by atoms with E-state index in [0.29, 0.717) is 24.5 Å². The maximum atomic E-state index is 13.4. The van der Waals surface area contributed by atoms with E-state index in [4.69, 9.17) is 0 Å². The van der Waals surface area contributed by atoms with Crippen LogP contribution in [0.5, 0.6) is 0 Å². The maximum absolute atomic E-state index is 13.4. The van der Waals surface area contributed by atoms with E-state index in [2.05, 4.69) is 26.6 Å². The van der Waals surface area contributed by atoms with E-state index in [-0.39, 0.29) is 29.7 Å². The summed E-state index contributed by atoms with van der Waals surface area (Å²) in [6, 6.07) is 8.29. The third kappa shape index (κ3) is 9.12. The number of anilines is 1. The summed E-state index contributed by atoms with van der Waals surface area (Å²) in [6.07, 6.45) is 3.78.